The molecule has 5 nitrogen and oxygen atoms in total. The van der Waals surface area contributed by atoms with E-state index in [0.29, 0.717) is 19.6 Å². The third-order valence-electron chi connectivity index (χ3n) is 1.95. The van der Waals surface area contributed by atoms with Gasteiger partial charge < -0.3 is 4.74 Å². The number of hydrogen-bond acceptors (Lipinski definition) is 3. The van der Waals surface area contributed by atoms with Gasteiger partial charge in [0, 0.05) is 6.42 Å². The van der Waals surface area contributed by atoms with Crippen molar-refractivity contribution < 1.29 is 22.3 Å². The molecule has 0 saturated carbocycles. The molecule has 0 aromatic heterocycles. The van der Waals surface area contributed by atoms with E-state index in [2.05, 4.69) is 0 Å². The predicted octanol–water partition coefficient (Wildman–Crippen LogP) is -0.275. The van der Waals surface area contributed by atoms with Gasteiger partial charge in [-0.2, -0.15) is 13.0 Å². The Kier molecular flexibility index (Phi) is 3.27. The first kappa shape index (κ1) is 10.5. The van der Waals surface area contributed by atoms with E-state index in [-0.39, 0.29) is 5.75 Å². The summed E-state index contributed by atoms with van der Waals surface area (Å²) in [7, 11) is -3.81. The summed E-state index contributed by atoms with van der Waals surface area (Å²) in [5.74, 6) is 0.645. The molecule has 1 N–H and O–H groups in total. The first-order valence-corrected chi connectivity index (χ1v) is 5.76. The summed E-state index contributed by atoms with van der Waals surface area (Å²) < 4.78 is 36.4. The number of hydrogen-bond donors (Lipinski definition) is 1. The highest BCUT2D eigenvalue weighted by molar-refractivity contribution is 7.85. The molecule has 0 aromatic carbocycles. The SMILES string of the molecule is CC1=[N+](CCCS(=O)(=O)O)CCO1. The van der Waals surface area contributed by atoms with Crippen LogP contribution in [0.3, 0.4) is 0 Å². The molecule has 76 valence electrons. The molecule has 0 spiro atoms. The molecule has 0 aromatic rings. The van der Waals surface area contributed by atoms with Crippen molar-refractivity contribution in [3.05, 3.63) is 0 Å². The van der Waals surface area contributed by atoms with E-state index in [1.165, 1.54) is 0 Å². The third-order valence-corrected chi connectivity index (χ3v) is 2.75. The predicted molar refractivity (Wildman–Crippen MR) is 47.7 cm³/mol. The van der Waals surface area contributed by atoms with Crippen LogP contribution < -0.4 is 0 Å². The van der Waals surface area contributed by atoms with Crippen LogP contribution in [-0.2, 0) is 14.9 Å². The molecule has 1 aliphatic heterocycles. The molecular formula is C7H14NO4S+. The molecule has 1 aliphatic rings. The monoisotopic (exact) mass is 208 g/mol. The summed E-state index contributed by atoms with van der Waals surface area (Å²) >= 11 is 0. The maximum atomic E-state index is 10.4. The second-order valence-electron chi connectivity index (χ2n) is 2.99. The van der Waals surface area contributed by atoms with Gasteiger partial charge in [0.2, 0.25) is 0 Å². The normalized spacial score (nSPS) is 17.7. The van der Waals surface area contributed by atoms with Crippen molar-refractivity contribution in [1.82, 2.24) is 0 Å². The molecule has 0 radical (unpaired) electrons. The molecule has 6 heteroatoms. The molecular weight excluding hydrogens is 194 g/mol. The van der Waals surface area contributed by atoms with Crippen molar-refractivity contribution >= 4 is 16.0 Å². The average molecular weight is 208 g/mol. The Hall–Kier alpha value is -0.620. The molecule has 0 amide bonds. The smallest absolute Gasteiger partial charge is 0.333 e. The van der Waals surface area contributed by atoms with Crippen molar-refractivity contribution in [2.75, 3.05) is 25.4 Å². The Morgan fingerprint density at radius 2 is 2.31 bits per heavy atom. The Morgan fingerprint density at radius 1 is 1.62 bits per heavy atom. The Morgan fingerprint density at radius 3 is 2.77 bits per heavy atom. The van der Waals surface area contributed by atoms with Gasteiger partial charge in [0.1, 0.15) is 6.54 Å². The van der Waals surface area contributed by atoms with Crippen LogP contribution in [0, 0.1) is 0 Å². The van der Waals surface area contributed by atoms with Crippen LogP contribution in [0.2, 0.25) is 0 Å². The van der Waals surface area contributed by atoms with Crippen LogP contribution in [0.5, 0.6) is 0 Å². The van der Waals surface area contributed by atoms with Crippen LogP contribution in [-0.4, -0.2) is 48.9 Å². The highest BCUT2D eigenvalue weighted by Crippen LogP contribution is 1.97. The standard InChI is InChI=1S/C7H13NO4S/c1-7-8(4-5-12-7)3-2-6-13(9,10)11/h2-6H2,1H3/p+1. The molecule has 1 heterocycles. The highest BCUT2D eigenvalue weighted by Gasteiger charge is 2.19. The summed E-state index contributed by atoms with van der Waals surface area (Å²) in [6.07, 6.45) is 0.430. The molecule has 0 unspecified atom stereocenters. The van der Waals surface area contributed by atoms with Crippen molar-refractivity contribution in [3.8, 4) is 0 Å². The average Bonchev–Trinajstić information content (AvgIpc) is 2.34. The lowest BCUT2D eigenvalue weighted by Gasteiger charge is -1.96. The van der Waals surface area contributed by atoms with E-state index >= 15 is 0 Å². The lowest BCUT2D eigenvalue weighted by molar-refractivity contribution is -0.518. The number of ether oxygens (including phenoxy) is 1. The zero-order chi connectivity index (χ0) is 9.90. The van der Waals surface area contributed by atoms with Crippen LogP contribution in [0.15, 0.2) is 0 Å². The summed E-state index contributed by atoms with van der Waals surface area (Å²) in [5, 5.41) is 0. The van der Waals surface area contributed by atoms with E-state index in [4.69, 9.17) is 9.29 Å². The number of rotatable bonds is 4. The maximum absolute atomic E-state index is 10.4. The molecule has 13 heavy (non-hydrogen) atoms. The molecule has 1 rings (SSSR count). The molecule has 0 aliphatic carbocycles. The van der Waals surface area contributed by atoms with Crippen LogP contribution in [0.1, 0.15) is 13.3 Å². The Bertz CT molecular complexity index is 306. The van der Waals surface area contributed by atoms with Gasteiger partial charge >= 0.3 is 5.90 Å². The van der Waals surface area contributed by atoms with Crippen molar-refractivity contribution in [2.24, 2.45) is 0 Å². The second-order valence-corrected chi connectivity index (χ2v) is 4.57. The van der Waals surface area contributed by atoms with E-state index < -0.39 is 10.1 Å². The zero-order valence-electron chi connectivity index (χ0n) is 7.56. The summed E-state index contributed by atoms with van der Waals surface area (Å²) in [4.78, 5) is 0. The van der Waals surface area contributed by atoms with E-state index in [1.807, 2.05) is 11.5 Å². The third kappa shape index (κ3) is 3.73. The fraction of sp³-hybridized carbons (Fsp3) is 0.857. The van der Waals surface area contributed by atoms with Gasteiger partial charge in [0.05, 0.1) is 12.7 Å². The van der Waals surface area contributed by atoms with Gasteiger partial charge in [0.15, 0.2) is 13.2 Å². The summed E-state index contributed by atoms with van der Waals surface area (Å²) in [6, 6.07) is 0. The lowest BCUT2D eigenvalue weighted by Crippen LogP contribution is -2.18. The molecule has 0 fully saturated rings. The Balaban J connectivity index is 2.31. The minimum absolute atomic E-state index is 0.184. The van der Waals surface area contributed by atoms with Gasteiger partial charge in [-0.3, -0.25) is 4.55 Å². The quantitative estimate of drug-likeness (QED) is 0.510. The van der Waals surface area contributed by atoms with Crippen molar-refractivity contribution in [1.29, 1.82) is 0 Å². The zero-order valence-corrected chi connectivity index (χ0v) is 8.38. The van der Waals surface area contributed by atoms with E-state index in [1.54, 1.807) is 0 Å². The van der Waals surface area contributed by atoms with Gasteiger partial charge in [-0.15, -0.1) is 0 Å². The minimum Gasteiger partial charge on any atom is -0.442 e. The minimum atomic E-state index is -3.81. The fourth-order valence-electron chi connectivity index (χ4n) is 1.26. The van der Waals surface area contributed by atoms with Crippen LogP contribution in [0.4, 0.5) is 0 Å². The molecule has 0 atom stereocenters. The van der Waals surface area contributed by atoms with Crippen molar-refractivity contribution in [2.45, 2.75) is 13.3 Å². The Labute approximate surface area is 77.8 Å². The largest absolute Gasteiger partial charge is 0.442 e. The van der Waals surface area contributed by atoms with E-state index in [9.17, 15) is 8.42 Å². The fourth-order valence-corrected chi connectivity index (χ4v) is 1.75. The summed E-state index contributed by atoms with van der Waals surface area (Å²) in [6.45, 7) is 3.93. The summed E-state index contributed by atoms with van der Waals surface area (Å²) in [5.41, 5.74) is 0. The second kappa shape index (κ2) is 4.06. The first-order chi connectivity index (χ1) is 5.99. The van der Waals surface area contributed by atoms with Crippen LogP contribution in [0.25, 0.3) is 0 Å². The van der Waals surface area contributed by atoms with Crippen molar-refractivity contribution in [3.63, 3.8) is 0 Å². The van der Waals surface area contributed by atoms with Gasteiger partial charge in [0.25, 0.3) is 10.1 Å². The maximum Gasteiger partial charge on any atom is 0.333 e. The highest BCUT2D eigenvalue weighted by atomic mass is 32.2. The van der Waals surface area contributed by atoms with E-state index in [0.717, 1.165) is 12.4 Å². The van der Waals surface area contributed by atoms with Gasteiger partial charge in [-0.05, 0) is 0 Å². The lowest BCUT2D eigenvalue weighted by atomic mass is 10.4. The number of nitrogens with zero attached hydrogens (tertiary/aromatic N) is 1. The topological polar surface area (TPSA) is 66.6 Å². The molecule has 0 bridgehead atoms. The van der Waals surface area contributed by atoms with Crippen LogP contribution >= 0.6 is 0 Å². The molecule has 0 saturated heterocycles. The first-order valence-electron chi connectivity index (χ1n) is 4.15. The van der Waals surface area contributed by atoms with Gasteiger partial charge in [-0.1, -0.05) is 0 Å². The van der Waals surface area contributed by atoms with Gasteiger partial charge in [-0.25, -0.2) is 0 Å².